The van der Waals surface area contributed by atoms with Gasteiger partial charge in [0.25, 0.3) is 0 Å². The van der Waals surface area contributed by atoms with Gasteiger partial charge in [-0.3, -0.25) is 0 Å². The molecule has 0 amide bonds. The number of nitrogens with two attached hydrogens (primary N) is 1. The summed E-state index contributed by atoms with van der Waals surface area (Å²) in [6, 6.07) is 3.09. The molecule has 1 rings (SSSR count). The maximum Gasteiger partial charge on any atom is 0.185 e. The molecule has 0 spiro atoms. The number of anilines is 1. The lowest BCUT2D eigenvalue weighted by atomic mass is 10.3. The van der Waals surface area contributed by atoms with Gasteiger partial charge in [0.2, 0.25) is 0 Å². The molecule has 0 aliphatic carbocycles. The molecule has 7 heteroatoms. The fourth-order valence-corrected chi connectivity index (χ4v) is 1.48. The molecule has 0 aliphatic heterocycles. The minimum Gasteiger partial charge on any atom is -0.330 e. The van der Waals surface area contributed by atoms with Gasteiger partial charge < -0.3 is 10.7 Å². The van der Waals surface area contributed by atoms with E-state index in [0.717, 1.165) is 0 Å². The molecule has 0 saturated heterocycles. The Labute approximate surface area is 101 Å². The highest BCUT2D eigenvalue weighted by atomic mass is 35.5. The molecule has 3 nitrogen and oxygen atoms in total. The monoisotopic (exact) mass is 269 g/mol. The second kappa shape index (κ2) is 5.00. The summed E-state index contributed by atoms with van der Waals surface area (Å²) in [5.74, 6) is 5.08. The van der Waals surface area contributed by atoms with Crippen molar-refractivity contribution >= 4 is 57.8 Å². The number of halogens is 3. The van der Waals surface area contributed by atoms with Crippen molar-refractivity contribution in [1.29, 1.82) is 0 Å². The summed E-state index contributed by atoms with van der Waals surface area (Å²) in [7, 11) is 0. The van der Waals surface area contributed by atoms with Crippen molar-refractivity contribution in [3.05, 3.63) is 27.2 Å². The van der Waals surface area contributed by atoms with Gasteiger partial charge in [-0.25, -0.2) is 5.84 Å². The lowest BCUT2D eigenvalue weighted by Crippen LogP contribution is -2.34. The van der Waals surface area contributed by atoms with Crippen molar-refractivity contribution in [3.8, 4) is 0 Å². The Hall–Kier alpha value is -0.260. The number of nitrogens with one attached hydrogen (secondary N) is 2. The van der Waals surface area contributed by atoms with Crippen molar-refractivity contribution in [2.24, 2.45) is 5.84 Å². The number of rotatable bonds is 1. The average Bonchev–Trinajstić information content (AvgIpc) is 2.14. The van der Waals surface area contributed by atoms with E-state index in [1.54, 1.807) is 6.07 Å². The van der Waals surface area contributed by atoms with E-state index in [9.17, 15) is 0 Å². The first-order valence-electron chi connectivity index (χ1n) is 3.46. The fraction of sp³-hybridized carbons (Fsp3) is 0. The smallest absolute Gasteiger partial charge is 0.185 e. The number of benzene rings is 1. The molecule has 1 aromatic rings. The Kier molecular flexibility index (Phi) is 4.22. The van der Waals surface area contributed by atoms with Crippen LogP contribution in [0, 0.1) is 0 Å². The molecule has 0 aliphatic rings. The van der Waals surface area contributed by atoms with Crippen LogP contribution in [0.1, 0.15) is 0 Å². The van der Waals surface area contributed by atoms with Gasteiger partial charge >= 0.3 is 0 Å². The molecule has 0 aromatic heterocycles. The predicted molar refractivity (Wildman–Crippen MR) is 65.0 cm³/mol. The van der Waals surface area contributed by atoms with E-state index < -0.39 is 0 Å². The SMILES string of the molecule is NNC(=S)Nc1cc(Cl)c(Cl)cc1Cl. The molecular formula is C7H6Cl3N3S. The van der Waals surface area contributed by atoms with E-state index in [1.807, 2.05) is 0 Å². The number of hydrazine groups is 1. The molecule has 1 aromatic carbocycles. The van der Waals surface area contributed by atoms with Crippen LogP contribution in [0.2, 0.25) is 15.1 Å². The standard InChI is InChI=1S/C7H6Cl3N3S/c8-3-1-5(10)6(2-4(3)9)12-7(14)13-11/h1-2H,11H2,(H2,12,13,14). The molecule has 76 valence electrons. The van der Waals surface area contributed by atoms with Crippen molar-refractivity contribution in [1.82, 2.24) is 5.43 Å². The fourth-order valence-electron chi connectivity index (χ4n) is 0.777. The van der Waals surface area contributed by atoms with Crippen molar-refractivity contribution < 1.29 is 0 Å². The Morgan fingerprint density at radius 2 is 1.71 bits per heavy atom. The normalized spacial score (nSPS) is 9.71. The molecule has 0 unspecified atom stereocenters. The third kappa shape index (κ3) is 2.87. The van der Waals surface area contributed by atoms with Gasteiger partial charge in [-0.15, -0.1) is 0 Å². The van der Waals surface area contributed by atoms with E-state index >= 15 is 0 Å². The van der Waals surface area contributed by atoms with Gasteiger partial charge in [-0.1, -0.05) is 34.8 Å². The zero-order chi connectivity index (χ0) is 10.7. The van der Waals surface area contributed by atoms with Crippen molar-refractivity contribution in [2.75, 3.05) is 5.32 Å². The molecule has 0 heterocycles. The first-order valence-corrected chi connectivity index (χ1v) is 5.01. The van der Waals surface area contributed by atoms with Crippen LogP contribution < -0.4 is 16.6 Å². The zero-order valence-electron chi connectivity index (χ0n) is 6.77. The largest absolute Gasteiger partial charge is 0.330 e. The molecule has 0 radical (unpaired) electrons. The van der Waals surface area contributed by atoms with Gasteiger partial charge in [0.05, 0.1) is 20.8 Å². The van der Waals surface area contributed by atoms with Gasteiger partial charge in [0.15, 0.2) is 5.11 Å². The van der Waals surface area contributed by atoms with Crippen LogP contribution in [0.25, 0.3) is 0 Å². The van der Waals surface area contributed by atoms with E-state index in [2.05, 4.69) is 10.7 Å². The summed E-state index contributed by atoms with van der Waals surface area (Å²) in [5, 5.41) is 4.17. The van der Waals surface area contributed by atoms with Gasteiger partial charge in [-0.05, 0) is 24.4 Å². The highest BCUT2D eigenvalue weighted by Crippen LogP contribution is 2.32. The Morgan fingerprint density at radius 1 is 1.14 bits per heavy atom. The minimum atomic E-state index is 0.241. The third-order valence-corrected chi connectivity index (χ3v) is 2.64. The lowest BCUT2D eigenvalue weighted by molar-refractivity contribution is 1.04. The Bertz CT molecular complexity index is 369. The first-order chi connectivity index (χ1) is 6.54. The summed E-state index contributed by atoms with van der Waals surface area (Å²) < 4.78 is 0. The van der Waals surface area contributed by atoms with Gasteiger partial charge in [-0.2, -0.15) is 0 Å². The molecule has 4 N–H and O–H groups in total. The second-order valence-electron chi connectivity index (χ2n) is 2.34. The maximum absolute atomic E-state index is 5.87. The summed E-state index contributed by atoms with van der Waals surface area (Å²) >= 11 is 22.2. The molecule has 0 fully saturated rings. The van der Waals surface area contributed by atoms with Crippen LogP contribution in [0.3, 0.4) is 0 Å². The second-order valence-corrected chi connectivity index (χ2v) is 3.97. The Morgan fingerprint density at radius 3 is 2.29 bits per heavy atom. The van der Waals surface area contributed by atoms with E-state index in [4.69, 9.17) is 52.9 Å². The quantitative estimate of drug-likeness (QED) is 0.318. The summed E-state index contributed by atoms with van der Waals surface area (Å²) in [6.07, 6.45) is 0. The van der Waals surface area contributed by atoms with Crippen LogP contribution in [0.15, 0.2) is 12.1 Å². The predicted octanol–water partition coefficient (Wildman–Crippen LogP) is 2.81. The first kappa shape index (κ1) is 11.8. The number of thiocarbonyl (C=S) groups is 1. The van der Waals surface area contributed by atoms with Crippen molar-refractivity contribution in [2.45, 2.75) is 0 Å². The zero-order valence-corrected chi connectivity index (χ0v) is 9.86. The van der Waals surface area contributed by atoms with Crippen LogP contribution in [-0.2, 0) is 0 Å². The van der Waals surface area contributed by atoms with Gasteiger partial charge in [0.1, 0.15) is 0 Å². The molecule has 14 heavy (non-hydrogen) atoms. The average molecular weight is 271 g/mol. The molecule has 0 saturated carbocycles. The van der Waals surface area contributed by atoms with Gasteiger partial charge in [0, 0.05) is 0 Å². The molecule has 0 bridgehead atoms. The summed E-state index contributed by atoms with van der Waals surface area (Å²) in [5.41, 5.74) is 2.81. The summed E-state index contributed by atoms with van der Waals surface area (Å²) in [6.45, 7) is 0. The number of hydrogen-bond acceptors (Lipinski definition) is 2. The van der Waals surface area contributed by atoms with E-state index in [-0.39, 0.29) is 5.11 Å². The van der Waals surface area contributed by atoms with Crippen molar-refractivity contribution in [3.63, 3.8) is 0 Å². The number of hydrogen-bond donors (Lipinski definition) is 3. The summed E-state index contributed by atoms with van der Waals surface area (Å²) in [4.78, 5) is 0. The minimum absolute atomic E-state index is 0.241. The topological polar surface area (TPSA) is 50.1 Å². The maximum atomic E-state index is 5.87. The van der Waals surface area contributed by atoms with Crippen LogP contribution in [-0.4, -0.2) is 5.11 Å². The van der Waals surface area contributed by atoms with Crippen LogP contribution in [0.5, 0.6) is 0 Å². The third-order valence-electron chi connectivity index (χ3n) is 1.39. The highest BCUT2D eigenvalue weighted by molar-refractivity contribution is 7.80. The Balaban J connectivity index is 2.98. The molecule has 0 atom stereocenters. The van der Waals surface area contributed by atoms with Crippen LogP contribution in [0.4, 0.5) is 5.69 Å². The lowest BCUT2D eigenvalue weighted by Gasteiger charge is -2.09. The molecular weight excluding hydrogens is 265 g/mol. The van der Waals surface area contributed by atoms with E-state index in [0.29, 0.717) is 20.8 Å². The van der Waals surface area contributed by atoms with E-state index in [1.165, 1.54) is 6.07 Å². The highest BCUT2D eigenvalue weighted by Gasteiger charge is 2.06. The van der Waals surface area contributed by atoms with Crippen LogP contribution >= 0.6 is 47.0 Å².